The molecule has 5 rings (SSSR count). The molecule has 2 N–H and O–H groups in total. The molecule has 0 aliphatic carbocycles. The van der Waals surface area contributed by atoms with Crippen molar-refractivity contribution in [3.63, 3.8) is 0 Å². The highest BCUT2D eigenvalue weighted by Gasteiger charge is 2.32. The maximum Gasteiger partial charge on any atom is 0.349 e. The maximum absolute atomic E-state index is 12.5. The molecule has 0 amide bonds. The summed E-state index contributed by atoms with van der Waals surface area (Å²) in [5.74, 6) is 0.999. The van der Waals surface area contributed by atoms with E-state index in [1.165, 1.54) is 5.56 Å². The zero-order chi connectivity index (χ0) is 30.3. The van der Waals surface area contributed by atoms with Crippen LogP contribution in [0.1, 0.15) is 35.1 Å². The van der Waals surface area contributed by atoms with Gasteiger partial charge >= 0.3 is 5.97 Å². The molecular formula is C34H29ClN2O6. The van der Waals surface area contributed by atoms with Crippen LogP contribution in [0.25, 0.3) is 0 Å². The van der Waals surface area contributed by atoms with Crippen LogP contribution in [0.2, 0.25) is 5.02 Å². The van der Waals surface area contributed by atoms with Crippen LogP contribution in [0.15, 0.2) is 96.4 Å². The van der Waals surface area contributed by atoms with Crippen molar-refractivity contribution in [2.45, 2.75) is 25.9 Å². The lowest BCUT2D eigenvalue weighted by atomic mass is 9.83. The standard InChI is InChI=1S/C34H29ClN2O6/c1-3-21-8-11-24(12-9-21)40-20-32(38)42-25-13-14-26-30(17-25)43-34(37)27(18-36)33(26)22-10-15-29(31(16-22)39-2)41-19-23-6-4-5-7-28(23)35/h4-17,33H,3,19-20,37H2,1-2H3. The summed E-state index contributed by atoms with van der Waals surface area (Å²) in [5, 5.41) is 10.6. The summed E-state index contributed by atoms with van der Waals surface area (Å²) in [6.07, 6.45) is 0.914. The zero-order valence-corrected chi connectivity index (χ0v) is 24.4. The van der Waals surface area contributed by atoms with Gasteiger partial charge in [-0.15, -0.1) is 0 Å². The van der Waals surface area contributed by atoms with E-state index in [4.69, 9.17) is 41.0 Å². The predicted octanol–water partition coefficient (Wildman–Crippen LogP) is 6.69. The van der Waals surface area contributed by atoms with Gasteiger partial charge in [-0.25, -0.2) is 4.79 Å². The summed E-state index contributed by atoms with van der Waals surface area (Å²) in [7, 11) is 1.54. The minimum absolute atomic E-state index is 0.0413. The molecule has 0 spiro atoms. The molecule has 0 aromatic heterocycles. The number of carbonyl (C=O) groups is 1. The van der Waals surface area contributed by atoms with Gasteiger partial charge in [-0.05, 0) is 53.9 Å². The number of aryl methyl sites for hydroxylation is 1. The average Bonchev–Trinajstić information content (AvgIpc) is 3.03. The highest BCUT2D eigenvalue weighted by molar-refractivity contribution is 6.31. The molecule has 1 heterocycles. The lowest BCUT2D eigenvalue weighted by Crippen LogP contribution is -2.22. The third kappa shape index (κ3) is 6.69. The van der Waals surface area contributed by atoms with Gasteiger partial charge in [0.15, 0.2) is 18.1 Å². The van der Waals surface area contributed by atoms with Crippen LogP contribution >= 0.6 is 11.6 Å². The van der Waals surface area contributed by atoms with Crippen molar-refractivity contribution in [3.05, 3.63) is 124 Å². The van der Waals surface area contributed by atoms with E-state index in [1.807, 2.05) is 48.5 Å². The summed E-state index contributed by atoms with van der Waals surface area (Å²) in [6.45, 7) is 2.05. The summed E-state index contributed by atoms with van der Waals surface area (Å²) in [6, 6.07) is 27.5. The highest BCUT2D eigenvalue weighted by atomic mass is 35.5. The van der Waals surface area contributed by atoms with E-state index in [2.05, 4.69) is 13.0 Å². The number of allylic oxidation sites excluding steroid dienone is 1. The molecule has 1 aliphatic rings. The molecule has 0 radical (unpaired) electrons. The summed E-state index contributed by atoms with van der Waals surface area (Å²) in [5.41, 5.74) is 9.84. The molecule has 43 heavy (non-hydrogen) atoms. The van der Waals surface area contributed by atoms with Crippen LogP contribution in [0.3, 0.4) is 0 Å². The number of fused-ring (bicyclic) bond motifs is 1. The minimum Gasteiger partial charge on any atom is -0.493 e. The molecule has 0 saturated carbocycles. The molecule has 4 aromatic carbocycles. The molecule has 1 unspecified atom stereocenters. The summed E-state index contributed by atoms with van der Waals surface area (Å²) < 4.78 is 28.4. The van der Waals surface area contributed by atoms with E-state index in [0.29, 0.717) is 33.6 Å². The van der Waals surface area contributed by atoms with Gasteiger partial charge in [0, 0.05) is 22.2 Å². The lowest BCUT2D eigenvalue weighted by Gasteiger charge is -2.27. The topological polar surface area (TPSA) is 113 Å². The van der Waals surface area contributed by atoms with Gasteiger partial charge in [-0.1, -0.05) is 61.0 Å². The van der Waals surface area contributed by atoms with Crippen LogP contribution in [-0.2, 0) is 17.8 Å². The SMILES string of the molecule is CCc1ccc(OCC(=O)Oc2ccc3c(c2)OC(N)=C(C#N)C3c2ccc(OCc3ccccc3Cl)c(OC)c2)cc1. The van der Waals surface area contributed by atoms with Crippen molar-refractivity contribution in [2.75, 3.05) is 13.7 Å². The fourth-order valence-electron chi connectivity index (χ4n) is 4.72. The van der Waals surface area contributed by atoms with Gasteiger partial charge in [0.25, 0.3) is 0 Å². The van der Waals surface area contributed by atoms with E-state index < -0.39 is 11.9 Å². The highest BCUT2D eigenvalue weighted by Crippen LogP contribution is 2.45. The second-order valence-corrected chi connectivity index (χ2v) is 10.1. The molecule has 8 nitrogen and oxygen atoms in total. The van der Waals surface area contributed by atoms with Crippen LogP contribution in [-0.4, -0.2) is 19.7 Å². The van der Waals surface area contributed by atoms with Crippen molar-refractivity contribution in [3.8, 4) is 34.8 Å². The number of hydrogen-bond donors (Lipinski definition) is 1. The fraction of sp³-hybridized carbons (Fsp3) is 0.176. The molecule has 218 valence electrons. The fourth-order valence-corrected chi connectivity index (χ4v) is 4.91. The smallest absolute Gasteiger partial charge is 0.349 e. The quantitative estimate of drug-likeness (QED) is 0.159. The first-order valence-corrected chi connectivity index (χ1v) is 14.0. The Kier molecular flexibility index (Phi) is 9.04. The molecule has 0 bridgehead atoms. The van der Waals surface area contributed by atoms with Crippen LogP contribution in [0.5, 0.6) is 28.7 Å². The molecule has 9 heteroatoms. The lowest BCUT2D eigenvalue weighted by molar-refractivity contribution is -0.136. The number of benzene rings is 4. The third-order valence-electron chi connectivity index (χ3n) is 6.97. The number of ether oxygens (including phenoxy) is 5. The Labute approximate surface area is 254 Å². The molecule has 4 aromatic rings. The number of methoxy groups -OCH3 is 1. The van der Waals surface area contributed by atoms with E-state index in [0.717, 1.165) is 17.5 Å². The number of carbonyl (C=O) groups excluding carboxylic acids is 1. The normalized spacial score (nSPS) is 13.8. The first-order valence-electron chi connectivity index (χ1n) is 13.6. The Morgan fingerprint density at radius 2 is 1.74 bits per heavy atom. The number of nitrogens with zero attached hydrogens (tertiary/aromatic N) is 1. The number of hydrogen-bond acceptors (Lipinski definition) is 8. The van der Waals surface area contributed by atoms with Gasteiger partial charge < -0.3 is 29.4 Å². The second-order valence-electron chi connectivity index (χ2n) is 9.68. The number of nitriles is 1. The van der Waals surface area contributed by atoms with Gasteiger partial charge in [-0.3, -0.25) is 0 Å². The number of rotatable bonds is 10. The molecule has 1 aliphatic heterocycles. The predicted molar refractivity (Wildman–Crippen MR) is 161 cm³/mol. The van der Waals surface area contributed by atoms with Crippen molar-refractivity contribution in [2.24, 2.45) is 5.73 Å². The van der Waals surface area contributed by atoms with E-state index in [9.17, 15) is 10.1 Å². The number of esters is 1. The molecular weight excluding hydrogens is 568 g/mol. The first kappa shape index (κ1) is 29.4. The third-order valence-corrected chi connectivity index (χ3v) is 7.34. The summed E-state index contributed by atoms with van der Waals surface area (Å²) in [4.78, 5) is 12.5. The Morgan fingerprint density at radius 3 is 2.47 bits per heavy atom. The van der Waals surface area contributed by atoms with Crippen molar-refractivity contribution >= 4 is 17.6 Å². The minimum atomic E-state index is -0.578. The van der Waals surface area contributed by atoms with Gasteiger partial charge in [-0.2, -0.15) is 5.26 Å². The Balaban J connectivity index is 1.34. The van der Waals surface area contributed by atoms with E-state index in [-0.39, 0.29) is 30.4 Å². The number of nitrogens with two attached hydrogens (primary N) is 1. The van der Waals surface area contributed by atoms with Gasteiger partial charge in [0.1, 0.15) is 35.5 Å². The first-order chi connectivity index (χ1) is 20.9. The van der Waals surface area contributed by atoms with Crippen LogP contribution in [0.4, 0.5) is 0 Å². The average molecular weight is 597 g/mol. The zero-order valence-electron chi connectivity index (χ0n) is 23.6. The summed E-state index contributed by atoms with van der Waals surface area (Å²) >= 11 is 6.27. The second kappa shape index (κ2) is 13.2. The van der Waals surface area contributed by atoms with E-state index >= 15 is 0 Å². The van der Waals surface area contributed by atoms with Gasteiger partial charge in [0.05, 0.1) is 13.0 Å². The molecule has 0 fully saturated rings. The van der Waals surface area contributed by atoms with Crippen molar-refractivity contribution in [1.29, 1.82) is 5.26 Å². The van der Waals surface area contributed by atoms with Crippen molar-refractivity contribution in [1.82, 2.24) is 0 Å². The molecule has 1 atom stereocenters. The number of halogens is 1. The van der Waals surface area contributed by atoms with Gasteiger partial charge in [0.2, 0.25) is 5.88 Å². The Hall–Kier alpha value is -5.13. The van der Waals surface area contributed by atoms with Crippen LogP contribution in [0, 0.1) is 11.3 Å². The largest absolute Gasteiger partial charge is 0.493 e. The van der Waals surface area contributed by atoms with Crippen LogP contribution < -0.4 is 29.4 Å². The molecule has 0 saturated heterocycles. The monoisotopic (exact) mass is 596 g/mol. The Morgan fingerprint density at radius 1 is 0.977 bits per heavy atom. The van der Waals surface area contributed by atoms with E-state index in [1.54, 1.807) is 43.5 Å². The van der Waals surface area contributed by atoms with Crippen molar-refractivity contribution < 1.29 is 28.5 Å². The Bertz CT molecular complexity index is 1710. The maximum atomic E-state index is 12.5.